The van der Waals surface area contributed by atoms with Crippen LogP contribution in [0, 0.1) is 6.92 Å². The van der Waals surface area contributed by atoms with E-state index >= 15 is 0 Å². The zero-order valence-electron chi connectivity index (χ0n) is 8.44. The lowest BCUT2D eigenvalue weighted by Crippen LogP contribution is -1.98. The van der Waals surface area contributed by atoms with E-state index in [0.717, 1.165) is 17.1 Å². The number of hydrogen-bond acceptors (Lipinski definition) is 4. The molecule has 0 aliphatic heterocycles. The van der Waals surface area contributed by atoms with Crippen molar-refractivity contribution in [3.63, 3.8) is 0 Å². The van der Waals surface area contributed by atoms with Crippen molar-refractivity contribution < 1.29 is 0 Å². The second-order valence-corrected chi connectivity index (χ2v) is 3.26. The van der Waals surface area contributed by atoms with E-state index in [4.69, 9.17) is 5.73 Å². The summed E-state index contributed by atoms with van der Waals surface area (Å²) in [6.07, 6.45) is 3.52. The smallest absolute Gasteiger partial charge is 0.132 e. The van der Waals surface area contributed by atoms with Gasteiger partial charge < -0.3 is 11.1 Å². The highest BCUT2D eigenvalue weighted by atomic mass is 15.0. The number of nitrogens with two attached hydrogens (primary N) is 1. The number of nitrogens with zero attached hydrogens (tertiary/aromatic N) is 2. The second-order valence-electron chi connectivity index (χ2n) is 3.26. The lowest BCUT2D eigenvalue weighted by molar-refractivity contribution is 1.25. The van der Waals surface area contributed by atoms with Gasteiger partial charge in [-0.15, -0.1) is 0 Å². The predicted molar refractivity (Wildman–Crippen MR) is 60.9 cm³/mol. The van der Waals surface area contributed by atoms with Gasteiger partial charge in [-0.1, -0.05) is 6.07 Å². The molecule has 0 fully saturated rings. The first-order valence-corrected chi connectivity index (χ1v) is 4.66. The van der Waals surface area contributed by atoms with Crippen molar-refractivity contribution in [2.24, 2.45) is 0 Å². The van der Waals surface area contributed by atoms with E-state index in [1.165, 1.54) is 0 Å². The Bertz CT molecular complexity index is 468. The first-order chi connectivity index (χ1) is 7.25. The molecule has 0 aliphatic rings. The fourth-order valence-electron chi connectivity index (χ4n) is 1.25. The molecule has 0 saturated heterocycles. The fourth-order valence-corrected chi connectivity index (χ4v) is 1.25. The Morgan fingerprint density at radius 1 is 1.27 bits per heavy atom. The summed E-state index contributed by atoms with van der Waals surface area (Å²) in [5, 5.41) is 3.16. The molecule has 0 aliphatic carbocycles. The minimum Gasteiger partial charge on any atom is -0.384 e. The Morgan fingerprint density at radius 2 is 2.13 bits per heavy atom. The van der Waals surface area contributed by atoms with Crippen LogP contribution >= 0.6 is 0 Å². The zero-order chi connectivity index (χ0) is 10.7. The van der Waals surface area contributed by atoms with E-state index in [1.54, 1.807) is 18.5 Å². The van der Waals surface area contributed by atoms with Crippen LogP contribution in [0.25, 0.3) is 0 Å². The molecule has 0 amide bonds. The van der Waals surface area contributed by atoms with Gasteiger partial charge in [0.1, 0.15) is 11.6 Å². The van der Waals surface area contributed by atoms with Crippen LogP contribution in [-0.4, -0.2) is 9.97 Å². The molecule has 0 bridgehead atoms. The highest BCUT2D eigenvalue weighted by Gasteiger charge is 1.99. The molecule has 2 aromatic heterocycles. The van der Waals surface area contributed by atoms with Crippen molar-refractivity contribution in [2.75, 3.05) is 11.1 Å². The Kier molecular flexibility index (Phi) is 2.49. The first kappa shape index (κ1) is 9.45. The van der Waals surface area contributed by atoms with Gasteiger partial charge in [-0.05, 0) is 30.7 Å². The molecule has 0 atom stereocenters. The molecule has 3 N–H and O–H groups in total. The van der Waals surface area contributed by atoms with E-state index in [9.17, 15) is 0 Å². The maximum Gasteiger partial charge on any atom is 0.132 e. The topological polar surface area (TPSA) is 63.8 Å². The summed E-state index contributed by atoms with van der Waals surface area (Å²) in [4.78, 5) is 8.19. The first-order valence-electron chi connectivity index (χ1n) is 4.66. The van der Waals surface area contributed by atoms with Crippen LogP contribution in [0.5, 0.6) is 0 Å². The molecule has 15 heavy (non-hydrogen) atoms. The largest absolute Gasteiger partial charge is 0.384 e. The van der Waals surface area contributed by atoms with E-state index in [-0.39, 0.29) is 0 Å². The molecular formula is C11H12N4. The molecule has 4 nitrogen and oxygen atoms in total. The van der Waals surface area contributed by atoms with E-state index in [2.05, 4.69) is 15.3 Å². The van der Waals surface area contributed by atoms with Crippen molar-refractivity contribution in [2.45, 2.75) is 6.92 Å². The lowest BCUT2D eigenvalue weighted by Gasteiger charge is -2.07. The monoisotopic (exact) mass is 200 g/mol. The van der Waals surface area contributed by atoms with Crippen LogP contribution in [0.2, 0.25) is 0 Å². The third kappa shape index (κ3) is 2.22. The average molecular weight is 200 g/mol. The number of pyridine rings is 2. The number of hydrogen-bond donors (Lipinski definition) is 2. The molecule has 76 valence electrons. The third-order valence-corrected chi connectivity index (χ3v) is 2.07. The normalized spacial score (nSPS) is 9.93. The number of nitrogens with one attached hydrogen (secondary N) is 1. The van der Waals surface area contributed by atoms with Gasteiger partial charge in [0.2, 0.25) is 0 Å². The molecule has 0 unspecified atom stereocenters. The number of anilines is 3. The van der Waals surface area contributed by atoms with Gasteiger partial charge in [0.25, 0.3) is 0 Å². The molecule has 0 spiro atoms. The Balaban J connectivity index is 2.26. The number of aromatic nitrogens is 2. The Labute approximate surface area is 88.2 Å². The SMILES string of the molecule is Cc1ccncc1Nc1cccc(N)n1. The fraction of sp³-hybridized carbons (Fsp3) is 0.0909. The van der Waals surface area contributed by atoms with Crippen LogP contribution in [0.1, 0.15) is 5.56 Å². The van der Waals surface area contributed by atoms with Crippen LogP contribution in [0.3, 0.4) is 0 Å². The summed E-state index contributed by atoms with van der Waals surface area (Å²) in [6.45, 7) is 2.01. The highest BCUT2D eigenvalue weighted by molar-refractivity contribution is 5.59. The summed E-state index contributed by atoms with van der Waals surface area (Å²) in [7, 11) is 0. The van der Waals surface area contributed by atoms with Gasteiger partial charge >= 0.3 is 0 Å². The molecule has 4 heteroatoms. The van der Waals surface area contributed by atoms with E-state index in [1.807, 2.05) is 25.1 Å². The maximum atomic E-state index is 5.58. The standard InChI is InChI=1S/C11H12N4/c1-8-5-6-13-7-9(8)14-11-4-2-3-10(12)15-11/h2-7H,1H3,(H3,12,14,15). The van der Waals surface area contributed by atoms with Crippen LogP contribution < -0.4 is 11.1 Å². The zero-order valence-corrected chi connectivity index (χ0v) is 8.44. The highest BCUT2D eigenvalue weighted by Crippen LogP contribution is 2.17. The van der Waals surface area contributed by atoms with Crippen molar-refractivity contribution >= 4 is 17.3 Å². The third-order valence-electron chi connectivity index (χ3n) is 2.07. The van der Waals surface area contributed by atoms with Crippen molar-refractivity contribution in [3.05, 3.63) is 42.2 Å². The average Bonchev–Trinajstić information content (AvgIpc) is 2.22. The van der Waals surface area contributed by atoms with E-state index in [0.29, 0.717) is 5.82 Å². The summed E-state index contributed by atoms with van der Waals surface area (Å²) in [5.74, 6) is 1.23. The minimum atomic E-state index is 0.501. The van der Waals surface area contributed by atoms with Crippen molar-refractivity contribution in [1.82, 2.24) is 9.97 Å². The van der Waals surface area contributed by atoms with Crippen LogP contribution in [0.15, 0.2) is 36.7 Å². The van der Waals surface area contributed by atoms with E-state index < -0.39 is 0 Å². The lowest BCUT2D eigenvalue weighted by atomic mass is 10.2. The molecule has 2 aromatic rings. The Hall–Kier alpha value is -2.10. The van der Waals surface area contributed by atoms with Gasteiger partial charge in [0.05, 0.1) is 11.9 Å². The molecular weight excluding hydrogens is 188 g/mol. The minimum absolute atomic E-state index is 0.501. The number of nitrogen functional groups attached to an aromatic ring is 1. The number of aryl methyl sites for hydroxylation is 1. The summed E-state index contributed by atoms with van der Waals surface area (Å²) in [6, 6.07) is 7.41. The molecule has 0 aromatic carbocycles. The molecule has 2 rings (SSSR count). The van der Waals surface area contributed by atoms with Gasteiger partial charge in [0, 0.05) is 6.20 Å². The predicted octanol–water partition coefficient (Wildman–Crippen LogP) is 2.11. The summed E-state index contributed by atoms with van der Waals surface area (Å²) >= 11 is 0. The van der Waals surface area contributed by atoms with Crippen LogP contribution in [0.4, 0.5) is 17.3 Å². The molecule has 0 saturated carbocycles. The second kappa shape index (κ2) is 3.96. The quantitative estimate of drug-likeness (QED) is 0.779. The van der Waals surface area contributed by atoms with Gasteiger partial charge in [0.15, 0.2) is 0 Å². The van der Waals surface area contributed by atoms with Crippen molar-refractivity contribution in [3.8, 4) is 0 Å². The van der Waals surface area contributed by atoms with Gasteiger partial charge in [-0.2, -0.15) is 0 Å². The summed E-state index contributed by atoms with van der Waals surface area (Å²) in [5.41, 5.74) is 7.64. The van der Waals surface area contributed by atoms with Gasteiger partial charge in [-0.25, -0.2) is 4.98 Å². The summed E-state index contributed by atoms with van der Waals surface area (Å²) < 4.78 is 0. The maximum absolute atomic E-state index is 5.58. The molecule has 0 radical (unpaired) electrons. The number of rotatable bonds is 2. The Morgan fingerprint density at radius 3 is 2.87 bits per heavy atom. The molecule has 2 heterocycles. The van der Waals surface area contributed by atoms with Gasteiger partial charge in [-0.3, -0.25) is 4.98 Å². The van der Waals surface area contributed by atoms with Crippen LogP contribution in [-0.2, 0) is 0 Å². The van der Waals surface area contributed by atoms with Crippen molar-refractivity contribution in [1.29, 1.82) is 0 Å².